The predicted octanol–water partition coefficient (Wildman–Crippen LogP) is 2.29. The van der Waals surface area contributed by atoms with Crippen molar-refractivity contribution >= 4 is 5.91 Å². The van der Waals surface area contributed by atoms with Crippen LogP contribution in [0.3, 0.4) is 0 Å². The Morgan fingerprint density at radius 1 is 1.30 bits per heavy atom. The van der Waals surface area contributed by atoms with E-state index in [1.54, 1.807) is 0 Å². The van der Waals surface area contributed by atoms with Crippen molar-refractivity contribution in [1.82, 2.24) is 5.32 Å². The van der Waals surface area contributed by atoms with E-state index in [9.17, 15) is 4.79 Å². The number of hydrogen-bond donors (Lipinski definition) is 1. The molecule has 2 rings (SSSR count). The molecular formula is C16H23NO3. The van der Waals surface area contributed by atoms with Gasteiger partial charge in [0, 0.05) is 6.61 Å². The summed E-state index contributed by atoms with van der Waals surface area (Å²) in [7, 11) is 0. The van der Waals surface area contributed by atoms with E-state index >= 15 is 0 Å². The third-order valence-corrected chi connectivity index (χ3v) is 3.67. The first-order chi connectivity index (χ1) is 9.58. The van der Waals surface area contributed by atoms with Crippen molar-refractivity contribution in [3.05, 3.63) is 28.8 Å². The summed E-state index contributed by atoms with van der Waals surface area (Å²) < 4.78 is 11.1. The lowest BCUT2D eigenvalue weighted by Gasteiger charge is -2.13. The van der Waals surface area contributed by atoms with Crippen LogP contribution in [0.1, 0.15) is 29.5 Å². The van der Waals surface area contributed by atoms with Gasteiger partial charge in [-0.15, -0.1) is 0 Å². The van der Waals surface area contributed by atoms with E-state index in [0.717, 1.165) is 24.2 Å². The minimum atomic E-state index is -0.265. The summed E-state index contributed by atoms with van der Waals surface area (Å²) in [5.74, 6) is 0.863. The maximum atomic E-state index is 11.7. The second-order valence-corrected chi connectivity index (χ2v) is 5.34. The summed E-state index contributed by atoms with van der Waals surface area (Å²) in [4.78, 5) is 11.7. The van der Waals surface area contributed by atoms with Gasteiger partial charge < -0.3 is 14.8 Å². The third-order valence-electron chi connectivity index (χ3n) is 3.67. The molecule has 1 aromatic rings. The molecule has 1 atom stereocenters. The molecule has 20 heavy (non-hydrogen) atoms. The Labute approximate surface area is 120 Å². The van der Waals surface area contributed by atoms with Gasteiger partial charge >= 0.3 is 0 Å². The number of rotatable bonds is 5. The van der Waals surface area contributed by atoms with Crippen molar-refractivity contribution in [2.24, 2.45) is 0 Å². The highest BCUT2D eigenvalue weighted by Gasteiger charge is 2.22. The summed E-state index contributed by atoms with van der Waals surface area (Å²) in [6.45, 7) is 7.87. The van der Waals surface area contributed by atoms with Crippen LogP contribution in [-0.4, -0.2) is 31.8 Å². The van der Waals surface area contributed by atoms with Gasteiger partial charge in [0.25, 0.3) is 0 Å². The van der Waals surface area contributed by atoms with Crippen LogP contribution in [0, 0.1) is 20.8 Å². The maximum Gasteiger partial charge on any atom is 0.249 e. The van der Waals surface area contributed by atoms with Crippen LogP contribution in [0.2, 0.25) is 0 Å². The maximum absolute atomic E-state index is 11.7. The van der Waals surface area contributed by atoms with Gasteiger partial charge in [-0.3, -0.25) is 4.79 Å². The lowest BCUT2D eigenvalue weighted by Crippen LogP contribution is -2.36. The molecule has 1 N–H and O–H groups in total. The molecule has 1 saturated heterocycles. The Morgan fingerprint density at radius 2 is 2.05 bits per heavy atom. The molecule has 0 spiro atoms. The fraction of sp³-hybridized carbons (Fsp3) is 0.562. The van der Waals surface area contributed by atoms with Crippen LogP contribution in [0.15, 0.2) is 12.1 Å². The van der Waals surface area contributed by atoms with E-state index in [1.807, 2.05) is 13.0 Å². The molecule has 1 amide bonds. The fourth-order valence-electron chi connectivity index (χ4n) is 2.32. The average Bonchev–Trinajstić information content (AvgIpc) is 2.94. The van der Waals surface area contributed by atoms with Gasteiger partial charge in [-0.05, 0) is 56.4 Å². The zero-order valence-corrected chi connectivity index (χ0v) is 12.5. The number of hydrogen-bond acceptors (Lipinski definition) is 3. The number of carbonyl (C=O) groups is 1. The van der Waals surface area contributed by atoms with Crippen molar-refractivity contribution in [2.75, 3.05) is 19.8 Å². The standard InChI is InChI=1S/C16H23NO3/c1-11-9-13(3)15(10-12(11)2)20-8-6-17-16(18)14-5-4-7-19-14/h9-10,14H,4-8H2,1-3H3,(H,17,18). The van der Waals surface area contributed by atoms with Crippen LogP contribution >= 0.6 is 0 Å². The summed E-state index contributed by atoms with van der Waals surface area (Å²) >= 11 is 0. The lowest BCUT2D eigenvalue weighted by atomic mass is 10.1. The Bertz CT molecular complexity index is 479. The third kappa shape index (κ3) is 3.73. The first-order valence-electron chi connectivity index (χ1n) is 7.18. The zero-order valence-electron chi connectivity index (χ0n) is 12.5. The number of amides is 1. The molecule has 1 aliphatic rings. The van der Waals surface area contributed by atoms with Crippen molar-refractivity contribution in [2.45, 2.75) is 39.7 Å². The summed E-state index contributed by atoms with van der Waals surface area (Å²) in [5, 5.41) is 2.85. The average molecular weight is 277 g/mol. The Kier molecular flexibility index (Phi) is 5.01. The van der Waals surface area contributed by atoms with Gasteiger partial charge in [-0.1, -0.05) is 6.07 Å². The van der Waals surface area contributed by atoms with E-state index in [4.69, 9.17) is 9.47 Å². The first kappa shape index (κ1) is 14.9. The molecule has 1 unspecified atom stereocenters. The van der Waals surface area contributed by atoms with Crippen molar-refractivity contribution in [3.63, 3.8) is 0 Å². The topological polar surface area (TPSA) is 47.6 Å². The first-order valence-corrected chi connectivity index (χ1v) is 7.18. The molecule has 0 bridgehead atoms. The highest BCUT2D eigenvalue weighted by Crippen LogP contribution is 2.22. The van der Waals surface area contributed by atoms with Gasteiger partial charge in [0.15, 0.2) is 0 Å². The predicted molar refractivity (Wildman–Crippen MR) is 78.1 cm³/mol. The van der Waals surface area contributed by atoms with Crippen molar-refractivity contribution in [3.8, 4) is 5.75 Å². The van der Waals surface area contributed by atoms with E-state index in [1.165, 1.54) is 11.1 Å². The molecule has 110 valence electrons. The number of benzene rings is 1. The van der Waals surface area contributed by atoms with Crippen LogP contribution in [0.5, 0.6) is 5.75 Å². The van der Waals surface area contributed by atoms with Gasteiger partial charge in [0.1, 0.15) is 18.5 Å². The molecule has 4 nitrogen and oxygen atoms in total. The van der Waals surface area contributed by atoms with Crippen molar-refractivity contribution in [1.29, 1.82) is 0 Å². The smallest absolute Gasteiger partial charge is 0.249 e. The fourth-order valence-corrected chi connectivity index (χ4v) is 2.32. The number of ether oxygens (including phenoxy) is 2. The minimum Gasteiger partial charge on any atom is -0.491 e. The van der Waals surface area contributed by atoms with Crippen LogP contribution in [-0.2, 0) is 9.53 Å². The minimum absolute atomic E-state index is 0.0251. The number of carbonyl (C=O) groups excluding carboxylic acids is 1. The van der Waals surface area contributed by atoms with E-state index in [-0.39, 0.29) is 12.0 Å². The van der Waals surface area contributed by atoms with Gasteiger partial charge in [-0.25, -0.2) is 0 Å². The highest BCUT2D eigenvalue weighted by molar-refractivity contribution is 5.80. The van der Waals surface area contributed by atoms with Crippen LogP contribution in [0.4, 0.5) is 0 Å². The lowest BCUT2D eigenvalue weighted by molar-refractivity contribution is -0.130. The van der Waals surface area contributed by atoms with Gasteiger partial charge in [0.2, 0.25) is 5.91 Å². The van der Waals surface area contributed by atoms with Gasteiger partial charge in [0.05, 0.1) is 6.54 Å². The van der Waals surface area contributed by atoms with E-state index in [2.05, 4.69) is 25.2 Å². The van der Waals surface area contributed by atoms with Crippen molar-refractivity contribution < 1.29 is 14.3 Å². The molecule has 4 heteroatoms. The zero-order chi connectivity index (χ0) is 14.5. The molecule has 0 saturated carbocycles. The normalized spacial score (nSPS) is 18.1. The monoisotopic (exact) mass is 277 g/mol. The van der Waals surface area contributed by atoms with Crippen LogP contribution in [0.25, 0.3) is 0 Å². The number of nitrogens with one attached hydrogen (secondary N) is 1. The second kappa shape index (κ2) is 6.75. The van der Waals surface area contributed by atoms with Gasteiger partial charge in [-0.2, -0.15) is 0 Å². The summed E-state index contributed by atoms with van der Waals surface area (Å²) in [6.07, 6.45) is 1.53. The largest absolute Gasteiger partial charge is 0.491 e. The SMILES string of the molecule is Cc1cc(C)c(OCCNC(=O)C2CCCO2)cc1C. The van der Waals surface area contributed by atoms with E-state index in [0.29, 0.717) is 19.8 Å². The molecule has 1 aliphatic heterocycles. The molecule has 1 aromatic carbocycles. The summed E-state index contributed by atoms with van der Waals surface area (Å²) in [5.41, 5.74) is 3.61. The molecule has 0 aromatic heterocycles. The Balaban J connectivity index is 1.75. The Hall–Kier alpha value is -1.55. The summed E-state index contributed by atoms with van der Waals surface area (Å²) in [6, 6.07) is 4.17. The molecule has 0 radical (unpaired) electrons. The quantitative estimate of drug-likeness (QED) is 0.840. The second-order valence-electron chi connectivity index (χ2n) is 5.34. The molecule has 1 fully saturated rings. The Morgan fingerprint density at radius 3 is 2.75 bits per heavy atom. The number of aryl methyl sites for hydroxylation is 3. The van der Waals surface area contributed by atoms with Crippen LogP contribution < -0.4 is 10.1 Å². The molecular weight excluding hydrogens is 254 g/mol. The highest BCUT2D eigenvalue weighted by atomic mass is 16.5. The molecule has 1 heterocycles. The molecule has 0 aliphatic carbocycles. The van der Waals surface area contributed by atoms with E-state index < -0.39 is 0 Å².